The van der Waals surface area contributed by atoms with Gasteiger partial charge in [-0.25, -0.2) is 4.98 Å². The quantitative estimate of drug-likeness (QED) is 0.740. The highest BCUT2D eigenvalue weighted by atomic mass is 32.1. The fourth-order valence-electron chi connectivity index (χ4n) is 1.29. The highest BCUT2D eigenvalue weighted by Gasteiger charge is 2.33. The standard InChI is InChI=1S/C8H10N2O2S/c11-6-3-5(4-6)7(12)10-8-9-1-2-13-8/h1-2,5-6,11H,3-4H2,(H,9,10,12). The lowest BCUT2D eigenvalue weighted by atomic mass is 9.82. The summed E-state index contributed by atoms with van der Waals surface area (Å²) >= 11 is 1.40. The zero-order valence-corrected chi connectivity index (χ0v) is 7.75. The predicted octanol–water partition coefficient (Wildman–Crippen LogP) is 0.853. The highest BCUT2D eigenvalue weighted by Crippen LogP contribution is 2.28. The number of carbonyl (C=O) groups is 1. The van der Waals surface area contributed by atoms with E-state index in [1.807, 2.05) is 5.38 Å². The fraction of sp³-hybridized carbons (Fsp3) is 0.500. The molecule has 0 radical (unpaired) electrons. The second kappa shape index (κ2) is 3.43. The number of carbonyl (C=O) groups excluding carboxylic acids is 1. The lowest BCUT2D eigenvalue weighted by Gasteiger charge is -2.29. The van der Waals surface area contributed by atoms with Gasteiger partial charge in [-0.2, -0.15) is 0 Å². The van der Waals surface area contributed by atoms with Crippen LogP contribution in [0, 0.1) is 5.92 Å². The van der Waals surface area contributed by atoms with E-state index in [-0.39, 0.29) is 17.9 Å². The summed E-state index contributed by atoms with van der Waals surface area (Å²) in [4.78, 5) is 15.3. The Kier molecular flexibility index (Phi) is 2.28. The summed E-state index contributed by atoms with van der Waals surface area (Å²) in [5, 5.41) is 14.1. The summed E-state index contributed by atoms with van der Waals surface area (Å²) in [6, 6.07) is 0. The van der Waals surface area contributed by atoms with Crippen LogP contribution in [0.5, 0.6) is 0 Å². The van der Waals surface area contributed by atoms with Gasteiger partial charge in [0.1, 0.15) is 0 Å². The van der Waals surface area contributed by atoms with E-state index in [0.717, 1.165) is 0 Å². The maximum Gasteiger partial charge on any atom is 0.229 e. The number of aliphatic hydroxyl groups is 1. The number of aliphatic hydroxyl groups excluding tert-OH is 1. The lowest BCUT2D eigenvalue weighted by Crippen LogP contribution is -2.37. The van der Waals surface area contributed by atoms with E-state index in [1.165, 1.54) is 11.3 Å². The average molecular weight is 198 g/mol. The molecule has 0 bridgehead atoms. The molecule has 4 nitrogen and oxygen atoms in total. The molecule has 1 aromatic heterocycles. The van der Waals surface area contributed by atoms with Gasteiger partial charge in [0.15, 0.2) is 5.13 Å². The fourth-order valence-corrected chi connectivity index (χ4v) is 1.83. The molecule has 0 aliphatic heterocycles. The van der Waals surface area contributed by atoms with Crippen LogP contribution in [0.1, 0.15) is 12.8 Å². The maximum atomic E-state index is 11.4. The number of nitrogens with one attached hydrogen (secondary N) is 1. The number of thiazole rings is 1. The molecule has 2 rings (SSSR count). The second-order valence-corrected chi connectivity index (χ2v) is 4.04. The maximum absolute atomic E-state index is 11.4. The predicted molar refractivity (Wildman–Crippen MR) is 49.5 cm³/mol. The minimum absolute atomic E-state index is 0.0275. The van der Waals surface area contributed by atoms with Gasteiger partial charge < -0.3 is 10.4 Å². The smallest absolute Gasteiger partial charge is 0.229 e. The van der Waals surface area contributed by atoms with E-state index >= 15 is 0 Å². The Bertz CT molecular complexity index is 293. The number of hydrogen-bond donors (Lipinski definition) is 2. The monoisotopic (exact) mass is 198 g/mol. The third-order valence-corrected chi connectivity index (χ3v) is 2.83. The number of amides is 1. The second-order valence-electron chi connectivity index (χ2n) is 3.15. The number of aromatic nitrogens is 1. The van der Waals surface area contributed by atoms with Crippen LogP contribution in [-0.4, -0.2) is 22.1 Å². The minimum atomic E-state index is -0.285. The number of nitrogens with zero attached hydrogens (tertiary/aromatic N) is 1. The molecule has 1 aliphatic carbocycles. The summed E-state index contributed by atoms with van der Waals surface area (Å²) in [6.07, 6.45) is 2.52. The molecule has 0 atom stereocenters. The summed E-state index contributed by atoms with van der Waals surface area (Å²) in [6.45, 7) is 0. The third-order valence-electron chi connectivity index (χ3n) is 2.15. The normalized spacial score (nSPS) is 26.5. The third kappa shape index (κ3) is 1.87. The van der Waals surface area contributed by atoms with E-state index in [9.17, 15) is 4.79 Å². The molecule has 70 valence electrons. The molecule has 1 heterocycles. The van der Waals surface area contributed by atoms with Crippen molar-refractivity contribution in [2.75, 3.05) is 5.32 Å². The van der Waals surface area contributed by atoms with Crippen LogP contribution in [0.15, 0.2) is 11.6 Å². The van der Waals surface area contributed by atoms with Gasteiger partial charge in [0.05, 0.1) is 6.10 Å². The van der Waals surface area contributed by atoms with E-state index in [1.54, 1.807) is 6.20 Å². The van der Waals surface area contributed by atoms with Crippen LogP contribution in [0.2, 0.25) is 0 Å². The van der Waals surface area contributed by atoms with Crippen molar-refractivity contribution in [2.45, 2.75) is 18.9 Å². The van der Waals surface area contributed by atoms with E-state index < -0.39 is 0 Å². The molecule has 2 N–H and O–H groups in total. The summed E-state index contributed by atoms with van der Waals surface area (Å²) in [5.41, 5.74) is 0. The van der Waals surface area contributed by atoms with Gasteiger partial charge in [0.2, 0.25) is 5.91 Å². The van der Waals surface area contributed by atoms with Gasteiger partial charge in [-0.15, -0.1) is 11.3 Å². The van der Waals surface area contributed by atoms with Crippen LogP contribution in [-0.2, 0) is 4.79 Å². The molecule has 1 aromatic rings. The van der Waals surface area contributed by atoms with Crippen molar-refractivity contribution in [3.8, 4) is 0 Å². The van der Waals surface area contributed by atoms with Crippen molar-refractivity contribution in [3.63, 3.8) is 0 Å². The van der Waals surface area contributed by atoms with Gasteiger partial charge in [0.25, 0.3) is 0 Å². The Morgan fingerprint density at radius 2 is 2.46 bits per heavy atom. The molecule has 1 aliphatic rings. The van der Waals surface area contributed by atoms with Crippen molar-refractivity contribution >= 4 is 22.4 Å². The van der Waals surface area contributed by atoms with Crippen molar-refractivity contribution in [1.29, 1.82) is 0 Å². The molecule has 5 heteroatoms. The Morgan fingerprint density at radius 3 is 3.00 bits per heavy atom. The Morgan fingerprint density at radius 1 is 1.69 bits per heavy atom. The molecule has 0 spiro atoms. The van der Waals surface area contributed by atoms with E-state index in [2.05, 4.69) is 10.3 Å². The summed E-state index contributed by atoms with van der Waals surface area (Å²) in [5.74, 6) is -0.0563. The molecule has 13 heavy (non-hydrogen) atoms. The van der Waals surface area contributed by atoms with Crippen molar-refractivity contribution in [2.24, 2.45) is 5.92 Å². The molecule has 1 saturated carbocycles. The Labute approximate surface area is 79.6 Å². The first-order chi connectivity index (χ1) is 6.25. The van der Waals surface area contributed by atoms with Crippen molar-refractivity contribution < 1.29 is 9.90 Å². The van der Waals surface area contributed by atoms with Gasteiger partial charge >= 0.3 is 0 Å². The first-order valence-electron chi connectivity index (χ1n) is 4.14. The average Bonchev–Trinajstić information content (AvgIpc) is 2.51. The van der Waals surface area contributed by atoms with Crippen LogP contribution < -0.4 is 5.32 Å². The van der Waals surface area contributed by atoms with E-state index in [0.29, 0.717) is 18.0 Å². The van der Waals surface area contributed by atoms with Gasteiger partial charge in [-0.1, -0.05) is 0 Å². The van der Waals surface area contributed by atoms with Gasteiger partial charge in [-0.05, 0) is 12.8 Å². The molecule has 1 amide bonds. The number of rotatable bonds is 2. The number of anilines is 1. The summed E-state index contributed by atoms with van der Waals surface area (Å²) < 4.78 is 0. The largest absolute Gasteiger partial charge is 0.393 e. The van der Waals surface area contributed by atoms with Gasteiger partial charge in [0, 0.05) is 17.5 Å². The SMILES string of the molecule is O=C(Nc1nccs1)C1CC(O)C1. The Hall–Kier alpha value is -0.940. The van der Waals surface area contributed by atoms with Crippen LogP contribution in [0.3, 0.4) is 0 Å². The first kappa shape index (κ1) is 8.65. The molecule has 0 saturated heterocycles. The molecule has 1 fully saturated rings. The molecule has 0 unspecified atom stereocenters. The highest BCUT2D eigenvalue weighted by molar-refractivity contribution is 7.13. The molecule has 0 aromatic carbocycles. The minimum Gasteiger partial charge on any atom is -0.393 e. The topological polar surface area (TPSA) is 62.2 Å². The van der Waals surface area contributed by atoms with Crippen LogP contribution in [0.25, 0.3) is 0 Å². The van der Waals surface area contributed by atoms with Crippen molar-refractivity contribution in [3.05, 3.63) is 11.6 Å². The molecular weight excluding hydrogens is 188 g/mol. The summed E-state index contributed by atoms with van der Waals surface area (Å²) in [7, 11) is 0. The zero-order chi connectivity index (χ0) is 9.26. The van der Waals surface area contributed by atoms with Gasteiger partial charge in [-0.3, -0.25) is 4.79 Å². The first-order valence-corrected chi connectivity index (χ1v) is 5.02. The van der Waals surface area contributed by atoms with Crippen LogP contribution in [0.4, 0.5) is 5.13 Å². The van der Waals surface area contributed by atoms with E-state index in [4.69, 9.17) is 5.11 Å². The zero-order valence-electron chi connectivity index (χ0n) is 6.93. The lowest BCUT2D eigenvalue weighted by molar-refractivity contribution is -0.126. The molecular formula is C8H10N2O2S. The van der Waals surface area contributed by atoms with Crippen molar-refractivity contribution in [1.82, 2.24) is 4.98 Å². The number of hydrogen-bond acceptors (Lipinski definition) is 4. The Balaban J connectivity index is 1.86. The van der Waals surface area contributed by atoms with Crippen LogP contribution >= 0.6 is 11.3 Å².